The number of benzene rings is 1. The smallest absolute Gasteiger partial charge is 0.240 e. The second kappa shape index (κ2) is 5.87. The fraction of sp³-hybridized carbons (Fsp3) is 0.500. The SMILES string of the molecule is COC(C)(C)CC(Nc1ccccc1C)C(N)=O. The topological polar surface area (TPSA) is 64.3 Å². The van der Waals surface area contributed by atoms with Crippen LogP contribution in [0.2, 0.25) is 0 Å². The molecule has 1 amide bonds. The molecule has 4 heteroatoms. The number of anilines is 1. The van der Waals surface area contributed by atoms with Gasteiger partial charge in [-0.2, -0.15) is 0 Å². The monoisotopic (exact) mass is 250 g/mol. The van der Waals surface area contributed by atoms with Crippen LogP contribution in [0.5, 0.6) is 0 Å². The largest absolute Gasteiger partial charge is 0.379 e. The summed E-state index contributed by atoms with van der Waals surface area (Å²) in [6.45, 7) is 5.85. The van der Waals surface area contributed by atoms with Crippen molar-refractivity contribution in [3.05, 3.63) is 29.8 Å². The van der Waals surface area contributed by atoms with Crippen molar-refractivity contribution in [2.75, 3.05) is 12.4 Å². The molecule has 0 heterocycles. The number of para-hydroxylation sites is 1. The van der Waals surface area contributed by atoms with Gasteiger partial charge in [-0.05, 0) is 32.4 Å². The maximum Gasteiger partial charge on any atom is 0.240 e. The third-order valence-corrected chi connectivity index (χ3v) is 3.07. The zero-order valence-electron chi connectivity index (χ0n) is 11.5. The maximum atomic E-state index is 11.5. The Morgan fingerprint density at radius 2 is 2.06 bits per heavy atom. The van der Waals surface area contributed by atoms with Gasteiger partial charge in [0.05, 0.1) is 5.60 Å². The Balaban J connectivity index is 2.82. The van der Waals surface area contributed by atoms with E-state index >= 15 is 0 Å². The normalized spacial score (nSPS) is 13.1. The van der Waals surface area contributed by atoms with E-state index in [2.05, 4.69) is 5.32 Å². The van der Waals surface area contributed by atoms with Gasteiger partial charge in [-0.15, -0.1) is 0 Å². The maximum absolute atomic E-state index is 11.5. The summed E-state index contributed by atoms with van der Waals surface area (Å²) in [4.78, 5) is 11.5. The van der Waals surface area contributed by atoms with Crippen molar-refractivity contribution in [3.8, 4) is 0 Å². The van der Waals surface area contributed by atoms with Crippen LogP contribution in [0.1, 0.15) is 25.8 Å². The molecule has 3 N–H and O–H groups in total. The van der Waals surface area contributed by atoms with E-state index < -0.39 is 11.6 Å². The van der Waals surface area contributed by atoms with E-state index in [-0.39, 0.29) is 5.91 Å². The lowest BCUT2D eigenvalue weighted by molar-refractivity contribution is -0.120. The van der Waals surface area contributed by atoms with Gasteiger partial charge in [-0.1, -0.05) is 18.2 Å². The second-order valence-corrected chi connectivity index (χ2v) is 5.08. The number of nitrogens with one attached hydrogen (secondary N) is 1. The molecule has 100 valence electrons. The third-order valence-electron chi connectivity index (χ3n) is 3.07. The fourth-order valence-electron chi connectivity index (χ4n) is 1.72. The number of hydrogen-bond donors (Lipinski definition) is 2. The van der Waals surface area contributed by atoms with E-state index in [0.717, 1.165) is 11.3 Å². The molecular weight excluding hydrogens is 228 g/mol. The van der Waals surface area contributed by atoms with E-state index in [0.29, 0.717) is 6.42 Å². The first-order valence-electron chi connectivity index (χ1n) is 6.02. The molecule has 1 aromatic carbocycles. The Kier molecular flexibility index (Phi) is 4.73. The molecule has 1 unspecified atom stereocenters. The van der Waals surface area contributed by atoms with E-state index in [1.54, 1.807) is 7.11 Å². The first kappa shape index (κ1) is 14.5. The molecule has 1 rings (SSSR count). The number of carbonyl (C=O) groups is 1. The molecule has 0 spiro atoms. The van der Waals surface area contributed by atoms with Gasteiger partial charge in [0.1, 0.15) is 6.04 Å². The Morgan fingerprint density at radius 3 is 2.56 bits per heavy atom. The second-order valence-electron chi connectivity index (χ2n) is 5.08. The van der Waals surface area contributed by atoms with Crippen LogP contribution in [-0.4, -0.2) is 24.7 Å². The number of amides is 1. The van der Waals surface area contributed by atoms with E-state index in [4.69, 9.17) is 10.5 Å². The van der Waals surface area contributed by atoms with Gasteiger partial charge in [-0.25, -0.2) is 0 Å². The first-order valence-corrected chi connectivity index (χ1v) is 6.02. The quantitative estimate of drug-likeness (QED) is 0.812. The highest BCUT2D eigenvalue weighted by Crippen LogP contribution is 2.20. The standard InChI is InChI=1S/C14H22N2O2/c1-10-7-5-6-8-11(10)16-12(13(15)17)9-14(2,3)18-4/h5-8,12,16H,9H2,1-4H3,(H2,15,17). The molecule has 0 saturated carbocycles. The molecule has 0 aliphatic heterocycles. The molecule has 0 fully saturated rings. The predicted molar refractivity (Wildman–Crippen MR) is 73.5 cm³/mol. The number of rotatable bonds is 6. The summed E-state index contributed by atoms with van der Waals surface area (Å²) in [5.74, 6) is -0.372. The zero-order valence-corrected chi connectivity index (χ0v) is 11.5. The van der Waals surface area contributed by atoms with Crippen LogP contribution in [0.4, 0.5) is 5.69 Å². The van der Waals surface area contributed by atoms with Gasteiger partial charge < -0.3 is 15.8 Å². The van der Waals surface area contributed by atoms with Crippen LogP contribution in [0, 0.1) is 6.92 Å². The zero-order chi connectivity index (χ0) is 13.8. The Hall–Kier alpha value is -1.55. The average molecular weight is 250 g/mol. The third kappa shape index (κ3) is 4.04. The summed E-state index contributed by atoms with van der Waals surface area (Å²) >= 11 is 0. The lowest BCUT2D eigenvalue weighted by Crippen LogP contribution is -2.42. The van der Waals surface area contributed by atoms with Gasteiger partial charge >= 0.3 is 0 Å². The highest BCUT2D eigenvalue weighted by Gasteiger charge is 2.26. The van der Waals surface area contributed by atoms with Crippen molar-refractivity contribution in [2.45, 2.75) is 38.8 Å². The molecule has 0 aromatic heterocycles. The van der Waals surface area contributed by atoms with E-state index in [9.17, 15) is 4.79 Å². The van der Waals surface area contributed by atoms with Gasteiger partial charge in [0.2, 0.25) is 5.91 Å². The lowest BCUT2D eigenvalue weighted by atomic mass is 9.98. The minimum Gasteiger partial charge on any atom is -0.379 e. The Morgan fingerprint density at radius 1 is 1.44 bits per heavy atom. The molecule has 18 heavy (non-hydrogen) atoms. The molecule has 1 atom stereocenters. The number of carbonyl (C=O) groups excluding carboxylic acids is 1. The number of nitrogens with two attached hydrogens (primary N) is 1. The van der Waals surface area contributed by atoms with Gasteiger partial charge in [-0.3, -0.25) is 4.79 Å². The lowest BCUT2D eigenvalue weighted by Gasteiger charge is -2.28. The molecule has 0 bridgehead atoms. The van der Waals surface area contributed by atoms with Crippen LogP contribution in [-0.2, 0) is 9.53 Å². The highest BCUT2D eigenvalue weighted by molar-refractivity contribution is 5.83. The minimum atomic E-state index is -0.443. The van der Waals surface area contributed by atoms with Gasteiger partial charge in [0.15, 0.2) is 0 Å². The van der Waals surface area contributed by atoms with Crippen molar-refractivity contribution in [1.82, 2.24) is 0 Å². The van der Waals surface area contributed by atoms with Crippen LogP contribution < -0.4 is 11.1 Å². The number of hydrogen-bond acceptors (Lipinski definition) is 3. The average Bonchev–Trinajstić information content (AvgIpc) is 2.30. The van der Waals surface area contributed by atoms with E-state index in [1.165, 1.54) is 0 Å². The molecule has 4 nitrogen and oxygen atoms in total. The van der Waals surface area contributed by atoms with Crippen molar-refractivity contribution in [2.24, 2.45) is 5.73 Å². The highest BCUT2D eigenvalue weighted by atomic mass is 16.5. The molecule has 0 aliphatic rings. The first-order chi connectivity index (χ1) is 8.35. The van der Waals surface area contributed by atoms with Gasteiger partial charge in [0.25, 0.3) is 0 Å². The van der Waals surface area contributed by atoms with Crippen molar-refractivity contribution < 1.29 is 9.53 Å². The van der Waals surface area contributed by atoms with Crippen LogP contribution in [0.15, 0.2) is 24.3 Å². The van der Waals surface area contributed by atoms with Gasteiger partial charge in [0, 0.05) is 19.2 Å². The summed E-state index contributed by atoms with van der Waals surface area (Å²) in [6, 6.07) is 7.36. The number of aryl methyl sites for hydroxylation is 1. The van der Waals surface area contributed by atoms with E-state index in [1.807, 2.05) is 45.0 Å². The Bertz CT molecular complexity index is 416. The summed E-state index contributed by atoms with van der Waals surface area (Å²) in [6.07, 6.45) is 0.521. The molecule has 0 saturated heterocycles. The predicted octanol–water partition coefficient (Wildman–Crippen LogP) is 2.08. The van der Waals surface area contributed by atoms with Crippen LogP contribution in [0.25, 0.3) is 0 Å². The Labute approximate surface area is 109 Å². The molecule has 0 radical (unpaired) electrons. The van der Waals surface area contributed by atoms with Crippen LogP contribution >= 0.6 is 0 Å². The fourth-order valence-corrected chi connectivity index (χ4v) is 1.72. The summed E-state index contributed by atoms with van der Waals surface area (Å²) in [5, 5.41) is 3.18. The summed E-state index contributed by atoms with van der Waals surface area (Å²) in [5.41, 5.74) is 7.05. The number of primary amides is 1. The van der Waals surface area contributed by atoms with Crippen molar-refractivity contribution in [1.29, 1.82) is 0 Å². The molecule has 1 aromatic rings. The molecule has 0 aliphatic carbocycles. The van der Waals surface area contributed by atoms with Crippen molar-refractivity contribution in [3.63, 3.8) is 0 Å². The van der Waals surface area contributed by atoms with Crippen LogP contribution in [0.3, 0.4) is 0 Å². The summed E-state index contributed by atoms with van der Waals surface area (Å²) < 4.78 is 5.34. The number of methoxy groups -OCH3 is 1. The number of ether oxygens (including phenoxy) is 1. The molecular formula is C14H22N2O2. The minimum absolute atomic E-state index is 0.372. The summed E-state index contributed by atoms with van der Waals surface area (Å²) in [7, 11) is 1.63. The van der Waals surface area contributed by atoms with Crippen molar-refractivity contribution >= 4 is 11.6 Å².